The van der Waals surface area contributed by atoms with Gasteiger partial charge in [-0.1, -0.05) is 6.07 Å². The average Bonchev–Trinajstić information content (AvgIpc) is 3.22. The topological polar surface area (TPSA) is 61.7 Å². The van der Waals surface area contributed by atoms with E-state index in [9.17, 15) is 14.0 Å². The van der Waals surface area contributed by atoms with Crippen molar-refractivity contribution in [3.05, 3.63) is 46.5 Å². The van der Waals surface area contributed by atoms with Gasteiger partial charge >= 0.3 is 0 Å². The van der Waals surface area contributed by atoms with E-state index in [1.54, 1.807) is 12.1 Å². The van der Waals surface area contributed by atoms with Crippen LogP contribution in [0.25, 0.3) is 0 Å². The molecule has 2 fully saturated rings. The Kier molecular flexibility index (Phi) is 5.83. The summed E-state index contributed by atoms with van der Waals surface area (Å²) in [7, 11) is 1.96. The third-order valence-electron chi connectivity index (χ3n) is 6.59. The van der Waals surface area contributed by atoms with Gasteiger partial charge < -0.3 is 9.80 Å². The maximum absolute atomic E-state index is 14.3. The number of amides is 2. The van der Waals surface area contributed by atoms with Gasteiger partial charge in [0.1, 0.15) is 5.82 Å². The zero-order chi connectivity index (χ0) is 22.3. The second-order valence-electron chi connectivity index (χ2n) is 8.73. The Balaban J connectivity index is 1.35. The SMILES string of the molecule is Cc1ccc(N2CC(C(=O)N3CCN(Cc4c(C)nn(C)c4C)CC3)CC2=O)c(F)c1. The number of rotatable bonds is 4. The van der Waals surface area contributed by atoms with Crippen LogP contribution in [0, 0.1) is 32.5 Å². The van der Waals surface area contributed by atoms with Crippen molar-refractivity contribution >= 4 is 17.5 Å². The monoisotopic (exact) mass is 427 g/mol. The summed E-state index contributed by atoms with van der Waals surface area (Å²) < 4.78 is 16.2. The van der Waals surface area contributed by atoms with Crippen LogP contribution in [0.5, 0.6) is 0 Å². The number of nitrogens with zero attached hydrogens (tertiary/aromatic N) is 5. The van der Waals surface area contributed by atoms with Gasteiger partial charge in [-0.3, -0.25) is 19.2 Å². The molecule has 2 aliphatic heterocycles. The molecule has 7 nitrogen and oxygen atoms in total. The third-order valence-corrected chi connectivity index (χ3v) is 6.59. The van der Waals surface area contributed by atoms with Crippen molar-refractivity contribution in [2.45, 2.75) is 33.7 Å². The summed E-state index contributed by atoms with van der Waals surface area (Å²) >= 11 is 0. The van der Waals surface area contributed by atoms with Crippen molar-refractivity contribution < 1.29 is 14.0 Å². The molecule has 2 amide bonds. The van der Waals surface area contributed by atoms with Crippen molar-refractivity contribution in [3.8, 4) is 0 Å². The number of halogens is 1. The van der Waals surface area contributed by atoms with Gasteiger partial charge in [0.2, 0.25) is 11.8 Å². The summed E-state index contributed by atoms with van der Waals surface area (Å²) in [5.41, 5.74) is 4.53. The molecule has 1 atom stereocenters. The van der Waals surface area contributed by atoms with Gasteiger partial charge in [-0.2, -0.15) is 5.10 Å². The summed E-state index contributed by atoms with van der Waals surface area (Å²) in [5, 5.41) is 4.48. The number of aromatic nitrogens is 2. The summed E-state index contributed by atoms with van der Waals surface area (Å²) in [6.07, 6.45) is 0.139. The maximum Gasteiger partial charge on any atom is 0.228 e. The average molecular weight is 428 g/mol. The van der Waals surface area contributed by atoms with Gasteiger partial charge in [-0.25, -0.2) is 4.39 Å². The molecule has 0 spiro atoms. The summed E-state index contributed by atoms with van der Waals surface area (Å²) in [6.45, 7) is 9.84. The van der Waals surface area contributed by atoms with Gasteiger partial charge in [0.05, 0.1) is 17.3 Å². The smallest absolute Gasteiger partial charge is 0.228 e. The minimum atomic E-state index is -0.420. The molecule has 8 heteroatoms. The van der Waals surface area contributed by atoms with Crippen molar-refractivity contribution in [2.24, 2.45) is 13.0 Å². The standard InChI is InChI=1S/C23H30FN5O2/c1-15-5-6-21(20(24)11-15)29-13-18(12-22(29)30)23(31)28-9-7-27(8-10-28)14-19-16(2)25-26(4)17(19)3/h5-6,11,18H,7-10,12-14H2,1-4H3. The number of piperazine rings is 1. The van der Waals surface area contributed by atoms with E-state index >= 15 is 0 Å². The number of aryl methyl sites for hydroxylation is 3. The highest BCUT2D eigenvalue weighted by atomic mass is 19.1. The van der Waals surface area contributed by atoms with E-state index in [-0.39, 0.29) is 30.5 Å². The molecule has 0 radical (unpaired) electrons. The van der Waals surface area contributed by atoms with Crippen LogP contribution in [0.2, 0.25) is 0 Å². The Hall–Kier alpha value is -2.74. The highest BCUT2D eigenvalue weighted by Gasteiger charge is 2.38. The summed E-state index contributed by atoms with van der Waals surface area (Å²) in [6, 6.07) is 4.82. The molecule has 1 aromatic carbocycles. The number of anilines is 1. The van der Waals surface area contributed by atoms with Gasteiger partial charge in [0.25, 0.3) is 0 Å². The van der Waals surface area contributed by atoms with Crippen LogP contribution in [-0.2, 0) is 23.2 Å². The lowest BCUT2D eigenvalue weighted by Gasteiger charge is -2.36. The number of hydrogen-bond donors (Lipinski definition) is 0. The molecule has 2 aliphatic rings. The van der Waals surface area contributed by atoms with Crippen molar-refractivity contribution in [1.82, 2.24) is 19.6 Å². The second-order valence-corrected chi connectivity index (χ2v) is 8.73. The molecule has 166 valence electrons. The van der Waals surface area contributed by atoms with Crippen LogP contribution >= 0.6 is 0 Å². The van der Waals surface area contributed by atoms with E-state index in [4.69, 9.17) is 0 Å². The first kappa shape index (κ1) is 21.5. The molecule has 0 saturated carbocycles. The lowest BCUT2D eigenvalue weighted by atomic mass is 10.1. The zero-order valence-electron chi connectivity index (χ0n) is 18.7. The molecular weight excluding hydrogens is 397 g/mol. The molecule has 4 rings (SSSR count). The van der Waals surface area contributed by atoms with E-state index in [1.807, 2.05) is 30.5 Å². The fourth-order valence-corrected chi connectivity index (χ4v) is 4.59. The number of hydrogen-bond acceptors (Lipinski definition) is 4. The van der Waals surface area contributed by atoms with Crippen LogP contribution in [0.4, 0.5) is 10.1 Å². The third kappa shape index (κ3) is 4.21. The minimum absolute atomic E-state index is 0.00300. The molecule has 3 heterocycles. The molecule has 1 unspecified atom stereocenters. The van der Waals surface area contributed by atoms with Gasteiger partial charge in [0.15, 0.2) is 0 Å². The predicted molar refractivity (Wildman–Crippen MR) is 116 cm³/mol. The van der Waals surface area contributed by atoms with E-state index in [0.29, 0.717) is 13.1 Å². The molecule has 2 aromatic rings. The normalized spacial score (nSPS) is 20.0. The Labute approximate surface area is 182 Å². The van der Waals surface area contributed by atoms with Gasteiger partial charge in [-0.15, -0.1) is 0 Å². The van der Waals surface area contributed by atoms with Crippen LogP contribution in [0.3, 0.4) is 0 Å². The molecule has 0 aliphatic carbocycles. The molecule has 31 heavy (non-hydrogen) atoms. The van der Waals surface area contributed by atoms with Gasteiger partial charge in [0, 0.05) is 64.0 Å². The second kappa shape index (κ2) is 8.42. The minimum Gasteiger partial charge on any atom is -0.340 e. The lowest BCUT2D eigenvalue weighted by Crippen LogP contribution is -2.50. The van der Waals surface area contributed by atoms with Crippen molar-refractivity contribution in [1.29, 1.82) is 0 Å². The van der Waals surface area contributed by atoms with Crippen molar-refractivity contribution in [3.63, 3.8) is 0 Å². The zero-order valence-corrected chi connectivity index (χ0v) is 18.7. The maximum atomic E-state index is 14.3. The Morgan fingerprint density at radius 2 is 1.87 bits per heavy atom. The van der Waals surface area contributed by atoms with Crippen LogP contribution in [0.15, 0.2) is 18.2 Å². The number of carbonyl (C=O) groups excluding carboxylic acids is 2. The fourth-order valence-electron chi connectivity index (χ4n) is 4.59. The van der Waals surface area contributed by atoms with E-state index in [1.165, 1.54) is 22.2 Å². The Bertz CT molecular complexity index is 1010. The number of carbonyl (C=O) groups is 2. The molecule has 1 aromatic heterocycles. The molecule has 0 N–H and O–H groups in total. The highest BCUT2D eigenvalue weighted by molar-refractivity contribution is 6.00. The first-order valence-corrected chi connectivity index (χ1v) is 10.8. The van der Waals surface area contributed by atoms with E-state index in [0.717, 1.165) is 30.9 Å². The fraction of sp³-hybridized carbons (Fsp3) is 0.522. The van der Waals surface area contributed by atoms with Crippen LogP contribution in [0.1, 0.15) is 28.9 Å². The predicted octanol–water partition coefficient (Wildman–Crippen LogP) is 2.18. The van der Waals surface area contributed by atoms with Crippen molar-refractivity contribution in [2.75, 3.05) is 37.6 Å². The summed E-state index contributed by atoms with van der Waals surface area (Å²) in [5.74, 6) is -1.03. The number of benzene rings is 1. The lowest BCUT2D eigenvalue weighted by molar-refractivity contribution is -0.137. The van der Waals surface area contributed by atoms with E-state index in [2.05, 4.69) is 16.9 Å². The Morgan fingerprint density at radius 3 is 2.48 bits per heavy atom. The Morgan fingerprint density at radius 1 is 1.16 bits per heavy atom. The first-order chi connectivity index (χ1) is 14.7. The van der Waals surface area contributed by atoms with Crippen LogP contribution in [-0.4, -0.2) is 64.1 Å². The summed E-state index contributed by atoms with van der Waals surface area (Å²) in [4.78, 5) is 31.2. The quantitative estimate of drug-likeness (QED) is 0.751. The van der Waals surface area contributed by atoms with Gasteiger partial charge in [-0.05, 0) is 38.5 Å². The largest absolute Gasteiger partial charge is 0.340 e. The molecular formula is C23H30FN5O2. The first-order valence-electron chi connectivity index (χ1n) is 10.8. The molecule has 2 saturated heterocycles. The highest BCUT2D eigenvalue weighted by Crippen LogP contribution is 2.29. The van der Waals surface area contributed by atoms with Crippen LogP contribution < -0.4 is 4.90 Å². The molecule has 0 bridgehead atoms. The van der Waals surface area contributed by atoms with E-state index < -0.39 is 11.7 Å².